The molecule has 0 aliphatic carbocycles. The topological polar surface area (TPSA) is 35.6 Å². The predicted octanol–water partition coefficient (Wildman–Crippen LogP) is 7.62. The van der Waals surface area contributed by atoms with Crippen LogP contribution in [0.4, 0.5) is 19.3 Å². The average molecular weight is 540 g/mol. The molecular formula is C31H36ClF2N3O. The van der Waals surface area contributed by atoms with Gasteiger partial charge < -0.3 is 10.2 Å². The maximum absolute atomic E-state index is 13.5. The van der Waals surface area contributed by atoms with Gasteiger partial charge in [0.25, 0.3) is 0 Å². The Balaban J connectivity index is 1.28. The van der Waals surface area contributed by atoms with E-state index in [0.717, 1.165) is 62.1 Å². The van der Waals surface area contributed by atoms with Crippen LogP contribution in [-0.4, -0.2) is 42.6 Å². The standard InChI is InChI=1S/C31H36ClF2N3O/c1-22(2)37(29-15-9-25(32)10-16-29)31(38)35-28-17-20-36(21-18-28)19-3-4-30(23-5-11-26(33)12-6-23)24-7-13-27(34)14-8-24/h5-16,22,28,30H,3-4,17-21H2,1-2H3,(H,35,38). The molecule has 38 heavy (non-hydrogen) atoms. The summed E-state index contributed by atoms with van der Waals surface area (Å²) in [5.41, 5.74) is 2.90. The van der Waals surface area contributed by atoms with Crippen molar-refractivity contribution in [3.05, 3.63) is 101 Å². The highest BCUT2D eigenvalue weighted by molar-refractivity contribution is 6.30. The Morgan fingerprint density at radius 1 is 0.921 bits per heavy atom. The Bertz CT molecular complexity index is 1120. The molecule has 0 spiro atoms. The Labute approximate surface area is 229 Å². The van der Waals surface area contributed by atoms with Gasteiger partial charge in [-0.15, -0.1) is 0 Å². The van der Waals surface area contributed by atoms with E-state index in [2.05, 4.69) is 10.2 Å². The number of halogens is 3. The van der Waals surface area contributed by atoms with Gasteiger partial charge in [0.15, 0.2) is 0 Å². The van der Waals surface area contributed by atoms with Crippen molar-refractivity contribution in [3.8, 4) is 0 Å². The molecule has 3 aromatic carbocycles. The number of carbonyl (C=O) groups is 1. The molecule has 1 heterocycles. The lowest BCUT2D eigenvalue weighted by Gasteiger charge is -2.35. The van der Waals surface area contributed by atoms with Crippen LogP contribution in [-0.2, 0) is 0 Å². The number of piperidine rings is 1. The third-order valence-electron chi connectivity index (χ3n) is 7.27. The van der Waals surface area contributed by atoms with E-state index in [1.54, 1.807) is 17.0 Å². The number of urea groups is 1. The lowest BCUT2D eigenvalue weighted by Crippen LogP contribution is -2.51. The highest BCUT2D eigenvalue weighted by Crippen LogP contribution is 2.30. The van der Waals surface area contributed by atoms with Crippen LogP contribution in [0.2, 0.25) is 5.02 Å². The van der Waals surface area contributed by atoms with Crippen molar-refractivity contribution in [3.63, 3.8) is 0 Å². The second-order valence-corrected chi connectivity index (χ2v) is 10.7. The molecule has 3 aromatic rings. The first-order chi connectivity index (χ1) is 18.3. The van der Waals surface area contributed by atoms with Crippen LogP contribution in [0.3, 0.4) is 0 Å². The number of anilines is 1. The minimum absolute atomic E-state index is 0.0198. The Kier molecular flexibility index (Phi) is 9.75. The molecule has 0 aromatic heterocycles. The minimum atomic E-state index is -0.258. The van der Waals surface area contributed by atoms with Crippen LogP contribution >= 0.6 is 11.6 Å². The molecule has 4 nitrogen and oxygen atoms in total. The molecule has 1 fully saturated rings. The smallest absolute Gasteiger partial charge is 0.322 e. The Hall–Kier alpha value is -2.96. The molecule has 0 atom stereocenters. The molecule has 4 rings (SSSR count). The van der Waals surface area contributed by atoms with E-state index in [1.165, 1.54) is 24.3 Å². The summed E-state index contributed by atoms with van der Waals surface area (Å²) in [5, 5.41) is 3.87. The molecule has 0 saturated carbocycles. The van der Waals surface area contributed by atoms with Crippen LogP contribution in [0.5, 0.6) is 0 Å². The molecule has 1 saturated heterocycles. The van der Waals surface area contributed by atoms with E-state index in [0.29, 0.717) is 5.02 Å². The summed E-state index contributed by atoms with van der Waals surface area (Å²) in [7, 11) is 0. The maximum atomic E-state index is 13.5. The van der Waals surface area contributed by atoms with Crippen LogP contribution in [0.1, 0.15) is 56.6 Å². The lowest BCUT2D eigenvalue weighted by molar-refractivity contribution is 0.191. The summed E-state index contributed by atoms with van der Waals surface area (Å²) in [6.07, 6.45) is 3.65. The van der Waals surface area contributed by atoms with Crippen molar-refractivity contribution < 1.29 is 13.6 Å². The van der Waals surface area contributed by atoms with Crippen LogP contribution in [0, 0.1) is 11.6 Å². The number of nitrogens with one attached hydrogen (secondary N) is 1. The van der Waals surface area contributed by atoms with Crippen molar-refractivity contribution in [1.82, 2.24) is 10.2 Å². The molecule has 1 aliphatic heterocycles. The number of hydrogen-bond donors (Lipinski definition) is 1. The fourth-order valence-electron chi connectivity index (χ4n) is 5.23. The predicted molar refractivity (Wildman–Crippen MR) is 151 cm³/mol. The van der Waals surface area contributed by atoms with Gasteiger partial charge in [-0.1, -0.05) is 35.9 Å². The molecule has 0 bridgehead atoms. The van der Waals surface area contributed by atoms with E-state index in [-0.39, 0.29) is 35.7 Å². The summed E-state index contributed by atoms with van der Waals surface area (Å²) >= 11 is 6.02. The minimum Gasteiger partial charge on any atom is -0.335 e. The fraction of sp³-hybridized carbons (Fsp3) is 0.387. The summed E-state index contributed by atoms with van der Waals surface area (Å²) < 4.78 is 27.0. The van der Waals surface area contributed by atoms with E-state index >= 15 is 0 Å². The molecule has 1 aliphatic rings. The summed E-state index contributed by atoms with van der Waals surface area (Å²) in [6.45, 7) is 6.79. The summed E-state index contributed by atoms with van der Waals surface area (Å²) in [4.78, 5) is 17.3. The number of benzene rings is 3. The second kappa shape index (κ2) is 13.2. The van der Waals surface area contributed by atoms with Gasteiger partial charge in [-0.3, -0.25) is 4.90 Å². The van der Waals surface area contributed by atoms with Crippen LogP contribution in [0.15, 0.2) is 72.8 Å². The van der Waals surface area contributed by atoms with Crippen LogP contribution < -0.4 is 10.2 Å². The van der Waals surface area contributed by atoms with Gasteiger partial charge in [-0.25, -0.2) is 13.6 Å². The van der Waals surface area contributed by atoms with Crippen molar-refractivity contribution in [2.75, 3.05) is 24.5 Å². The molecular weight excluding hydrogens is 504 g/mol. The highest BCUT2D eigenvalue weighted by atomic mass is 35.5. The second-order valence-electron chi connectivity index (χ2n) is 10.3. The number of amides is 2. The van der Waals surface area contributed by atoms with Gasteiger partial charge in [0.2, 0.25) is 0 Å². The van der Waals surface area contributed by atoms with Crippen molar-refractivity contribution >= 4 is 23.3 Å². The van der Waals surface area contributed by atoms with Crippen molar-refractivity contribution in [1.29, 1.82) is 0 Å². The first-order valence-electron chi connectivity index (χ1n) is 13.4. The lowest BCUT2D eigenvalue weighted by atomic mass is 9.87. The molecule has 2 amide bonds. The van der Waals surface area contributed by atoms with E-state index in [9.17, 15) is 13.6 Å². The van der Waals surface area contributed by atoms with Crippen LogP contribution in [0.25, 0.3) is 0 Å². The summed E-state index contributed by atoms with van der Waals surface area (Å²) in [5.74, 6) is -0.430. The van der Waals surface area contributed by atoms with Gasteiger partial charge in [-0.2, -0.15) is 0 Å². The van der Waals surface area contributed by atoms with Gasteiger partial charge >= 0.3 is 6.03 Å². The number of hydrogen-bond acceptors (Lipinski definition) is 2. The molecule has 0 unspecified atom stereocenters. The molecule has 0 radical (unpaired) electrons. The average Bonchev–Trinajstić information content (AvgIpc) is 2.90. The zero-order valence-corrected chi connectivity index (χ0v) is 22.8. The third kappa shape index (κ3) is 7.55. The van der Waals surface area contributed by atoms with E-state index in [1.807, 2.05) is 50.2 Å². The number of likely N-dealkylation sites (tertiary alicyclic amines) is 1. The molecule has 1 N–H and O–H groups in total. The molecule has 7 heteroatoms. The monoisotopic (exact) mass is 539 g/mol. The Morgan fingerprint density at radius 2 is 1.45 bits per heavy atom. The Morgan fingerprint density at radius 3 is 1.95 bits per heavy atom. The number of carbonyl (C=O) groups excluding carboxylic acids is 1. The normalized spacial score (nSPS) is 14.7. The first kappa shape index (κ1) is 28.1. The number of nitrogens with zero attached hydrogens (tertiary/aromatic N) is 2. The van der Waals surface area contributed by atoms with Gasteiger partial charge in [0, 0.05) is 41.8 Å². The quantitative estimate of drug-likeness (QED) is 0.303. The summed E-state index contributed by atoms with van der Waals surface area (Å²) in [6, 6.07) is 20.6. The van der Waals surface area contributed by atoms with Gasteiger partial charge in [-0.05, 0) is 106 Å². The van der Waals surface area contributed by atoms with E-state index < -0.39 is 0 Å². The van der Waals surface area contributed by atoms with E-state index in [4.69, 9.17) is 11.6 Å². The van der Waals surface area contributed by atoms with Crippen molar-refractivity contribution in [2.24, 2.45) is 0 Å². The largest absolute Gasteiger partial charge is 0.335 e. The molecule has 202 valence electrons. The zero-order valence-electron chi connectivity index (χ0n) is 22.0. The van der Waals surface area contributed by atoms with Gasteiger partial charge in [0.05, 0.1) is 0 Å². The van der Waals surface area contributed by atoms with Gasteiger partial charge in [0.1, 0.15) is 11.6 Å². The third-order valence-corrected chi connectivity index (χ3v) is 7.52. The zero-order chi connectivity index (χ0) is 27.1. The van der Waals surface area contributed by atoms with Crippen molar-refractivity contribution in [2.45, 2.75) is 57.5 Å². The SMILES string of the molecule is CC(C)N(C(=O)NC1CCN(CCCC(c2ccc(F)cc2)c2ccc(F)cc2)CC1)c1ccc(Cl)cc1. The first-order valence-corrected chi connectivity index (χ1v) is 13.8. The number of rotatable bonds is 9. The highest BCUT2D eigenvalue weighted by Gasteiger charge is 2.25. The fourth-order valence-corrected chi connectivity index (χ4v) is 5.36. The maximum Gasteiger partial charge on any atom is 0.322 e.